The van der Waals surface area contributed by atoms with Crippen LogP contribution in [0.5, 0.6) is 5.75 Å². The summed E-state index contributed by atoms with van der Waals surface area (Å²) in [7, 11) is 3.84. The lowest BCUT2D eigenvalue weighted by Crippen LogP contribution is -2.29. The van der Waals surface area contributed by atoms with Crippen LogP contribution in [0.15, 0.2) is 53.3 Å². The van der Waals surface area contributed by atoms with E-state index in [1.54, 1.807) is 7.11 Å². The van der Waals surface area contributed by atoms with Gasteiger partial charge in [-0.25, -0.2) is 4.98 Å². The molecule has 0 bridgehead atoms. The maximum Gasteiger partial charge on any atom is 0.246 e. The number of anilines is 1. The Morgan fingerprint density at radius 3 is 2.84 bits per heavy atom. The van der Waals surface area contributed by atoms with E-state index in [4.69, 9.17) is 9.26 Å². The smallest absolute Gasteiger partial charge is 0.246 e. The molecule has 1 fully saturated rings. The Bertz CT molecular complexity index is 1170. The molecule has 0 unspecified atom stereocenters. The first-order valence-corrected chi connectivity index (χ1v) is 10.5. The van der Waals surface area contributed by atoms with Gasteiger partial charge in [0.05, 0.1) is 7.11 Å². The molecule has 5 rings (SSSR count). The van der Waals surface area contributed by atoms with E-state index < -0.39 is 0 Å². The van der Waals surface area contributed by atoms with Crippen molar-refractivity contribution >= 4 is 16.7 Å². The van der Waals surface area contributed by atoms with Crippen LogP contribution in [0.4, 0.5) is 5.82 Å². The zero-order valence-corrected chi connectivity index (χ0v) is 17.9. The van der Waals surface area contributed by atoms with Gasteiger partial charge in [0.25, 0.3) is 0 Å². The third kappa shape index (κ3) is 4.11. The van der Waals surface area contributed by atoms with Crippen molar-refractivity contribution < 1.29 is 9.26 Å². The van der Waals surface area contributed by atoms with Crippen molar-refractivity contribution in [3.8, 4) is 17.1 Å². The molecule has 0 aliphatic carbocycles. The van der Waals surface area contributed by atoms with Gasteiger partial charge in [-0.2, -0.15) is 4.98 Å². The molecule has 1 aromatic carbocycles. The van der Waals surface area contributed by atoms with Crippen molar-refractivity contribution in [1.29, 1.82) is 0 Å². The molecular weight excluding hydrogens is 392 g/mol. The quantitative estimate of drug-likeness (QED) is 0.492. The maximum absolute atomic E-state index is 5.51. The second-order valence-electron chi connectivity index (χ2n) is 7.93. The lowest BCUT2D eigenvalue weighted by Gasteiger charge is -2.21. The summed E-state index contributed by atoms with van der Waals surface area (Å²) in [6.07, 6.45) is 4.99. The van der Waals surface area contributed by atoms with Crippen LogP contribution in [0.2, 0.25) is 0 Å². The van der Waals surface area contributed by atoms with Crippen molar-refractivity contribution in [3.63, 3.8) is 0 Å². The summed E-state index contributed by atoms with van der Waals surface area (Å²) < 4.78 is 12.9. The van der Waals surface area contributed by atoms with Gasteiger partial charge in [0, 0.05) is 48.5 Å². The summed E-state index contributed by atoms with van der Waals surface area (Å²) in [6, 6.07) is 12.1. The number of pyridine rings is 1. The molecule has 1 saturated heterocycles. The number of benzene rings is 1. The van der Waals surface area contributed by atoms with E-state index in [2.05, 4.69) is 42.6 Å². The highest BCUT2D eigenvalue weighted by Crippen LogP contribution is 2.23. The van der Waals surface area contributed by atoms with Crippen molar-refractivity contribution in [2.45, 2.75) is 13.0 Å². The SMILES string of the molecule is COc1ccc2c(ccn2Cc2nc(-c3ccc(N4CCCN(C)CC4)nc3)no2)c1. The predicted molar refractivity (Wildman–Crippen MR) is 119 cm³/mol. The Hall–Kier alpha value is -3.39. The third-order valence-corrected chi connectivity index (χ3v) is 5.80. The number of rotatable bonds is 5. The Morgan fingerprint density at radius 1 is 1.06 bits per heavy atom. The molecule has 0 saturated carbocycles. The lowest BCUT2D eigenvalue weighted by atomic mass is 10.2. The van der Waals surface area contributed by atoms with E-state index in [-0.39, 0.29) is 0 Å². The Labute approximate surface area is 181 Å². The molecule has 160 valence electrons. The number of nitrogens with zero attached hydrogens (tertiary/aromatic N) is 6. The Kier molecular flexibility index (Phi) is 5.30. The zero-order chi connectivity index (χ0) is 21.2. The standard InChI is InChI=1S/C23H26N6O2/c1-27-9-3-10-28(13-12-27)21-7-4-18(15-24-21)23-25-22(31-26-23)16-29-11-8-17-14-19(30-2)5-6-20(17)29/h4-8,11,14-15H,3,9-10,12-13,16H2,1-2H3. The second kappa shape index (κ2) is 8.39. The predicted octanol–water partition coefficient (Wildman–Crippen LogP) is 3.29. The second-order valence-corrected chi connectivity index (χ2v) is 7.93. The molecule has 1 aliphatic heterocycles. The molecule has 0 atom stereocenters. The van der Waals surface area contributed by atoms with E-state index in [0.29, 0.717) is 18.3 Å². The molecule has 1 aliphatic rings. The highest BCUT2D eigenvalue weighted by Gasteiger charge is 2.15. The number of ether oxygens (including phenoxy) is 1. The maximum atomic E-state index is 5.51. The topological polar surface area (TPSA) is 72.5 Å². The molecule has 0 radical (unpaired) electrons. The van der Waals surface area contributed by atoms with Gasteiger partial charge in [-0.05, 0) is 56.4 Å². The Morgan fingerprint density at radius 2 is 2.00 bits per heavy atom. The van der Waals surface area contributed by atoms with E-state index >= 15 is 0 Å². The fraction of sp³-hybridized carbons (Fsp3) is 0.348. The number of fused-ring (bicyclic) bond motifs is 1. The first-order chi connectivity index (χ1) is 15.2. The summed E-state index contributed by atoms with van der Waals surface area (Å²) in [6.45, 7) is 4.71. The number of hydrogen-bond acceptors (Lipinski definition) is 7. The summed E-state index contributed by atoms with van der Waals surface area (Å²) in [4.78, 5) is 13.9. The van der Waals surface area contributed by atoms with E-state index in [1.807, 2.05) is 42.7 Å². The zero-order valence-electron chi connectivity index (χ0n) is 17.9. The average Bonchev–Trinajstić information content (AvgIpc) is 3.37. The van der Waals surface area contributed by atoms with Crippen LogP contribution in [-0.2, 0) is 6.54 Å². The molecule has 3 aromatic heterocycles. The first kappa shape index (κ1) is 19.6. The monoisotopic (exact) mass is 418 g/mol. The van der Waals surface area contributed by atoms with Crippen molar-refractivity contribution in [2.75, 3.05) is 45.2 Å². The fourth-order valence-corrected chi connectivity index (χ4v) is 4.01. The van der Waals surface area contributed by atoms with E-state index in [9.17, 15) is 0 Å². The van der Waals surface area contributed by atoms with Crippen molar-refractivity contribution in [2.24, 2.45) is 0 Å². The number of likely N-dealkylation sites (N-methyl/N-ethyl adjacent to an activating group) is 1. The lowest BCUT2D eigenvalue weighted by molar-refractivity contribution is 0.360. The van der Waals surface area contributed by atoms with Crippen LogP contribution in [0.1, 0.15) is 12.3 Å². The van der Waals surface area contributed by atoms with Crippen LogP contribution in [-0.4, -0.2) is 64.9 Å². The van der Waals surface area contributed by atoms with Crippen molar-refractivity contribution in [3.05, 3.63) is 54.7 Å². The van der Waals surface area contributed by atoms with Crippen LogP contribution >= 0.6 is 0 Å². The molecular formula is C23H26N6O2. The minimum atomic E-state index is 0.510. The fourth-order valence-electron chi connectivity index (χ4n) is 4.01. The number of aromatic nitrogens is 4. The highest BCUT2D eigenvalue weighted by molar-refractivity contribution is 5.81. The molecule has 8 heteroatoms. The molecule has 0 amide bonds. The minimum Gasteiger partial charge on any atom is -0.497 e. The van der Waals surface area contributed by atoms with Gasteiger partial charge in [-0.3, -0.25) is 0 Å². The molecule has 8 nitrogen and oxygen atoms in total. The van der Waals surface area contributed by atoms with Crippen LogP contribution in [0.3, 0.4) is 0 Å². The summed E-state index contributed by atoms with van der Waals surface area (Å²) in [5.41, 5.74) is 1.95. The molecule has 4 aromatic rings. The van der Waals surface area contributed by atoms with Gasteiger partial charge in [-0.1, -0.05) is 5.16 Å². The summed E-state index contributed by atoms with van der Waals surface area (Å²) in [5.74, 6) is 2.95. The first-order valence-electron chi connectivity index (χ1n) is 10.5. The van der Waals surface area contributed by atoms with Gasteiger partial charge < -0.3 is 23.6 Å². The number of methoxy groups -OCH3 is 1. The summed E-state index contributed by atoms with van der Waals surface area (Å²) >= 11 is 0. The van der Waals surface area contributed by atoms with Gasteiger partial charge in [0.1, 0.15) is 18.1 Å². The molecule has 0 spiro atoms. The Balaban J connectivity index is 1.30. The molecule has 4 heterocycles. The van der Waals surface area contributed by atoms with Gasteiger partial charge in [-0.15, -0.1) is 0 Å². The number of hydrogen-bond donors (Lipinski definition) is 0. The molecule has 31 heavy (non-hydrogen) atoms. The van der Waals surface area contributed by atoms with Crippen LogP contribution in [0.25, 0.3) is 22.3 Å². The highest BCUT2D eigenvalue weighted by atomic mass is 16.5. The average molecular weight is 419 g/mol. The molecule has 0 N–H and O–H groups in total. The van der Waals surface area contributed by atoms with E-state index in [1.165, 1.54) is 0 Å². The summed E-state index contributed by atoms with van der Waals surface area (Å²) in [5, 5.41) is 5.27. The normalized spacial score (nSPS) is 15.4. The van der Waals surface area contributed by atoms with Crippen LogP contribution in [0, 0.1) is 0 Å². The van der Waals surface area contributed by atoms with Gasteiger partial charge >= 0.3 is 0 Å². The third-order valence-electron chi connectivity index (χ3n) is 5.80. The van der Waals surface area contributed by atoms with Crippen LogP contribution < -0.4 is 9.64 Å². The van der Waals surface area contributed by atoms with Gasteiger partial charge in [0.2, 0.25) is 11.7 Å². The minimum absolute atomic E-state index is 0.510. The van der Waals surface area contributed by atoms with Gasteiger partial charge in [0.15, 0.2) is 0 Å². The largest absolute Gasteiger partial charge is 0.497 e. The van der Waals surface area contributed by atoms with E-state index in [0.717, 1.165) is 60.6 Å². The van der Waals surface area contributed by atoms with Crippen molar-refractivity contribution in [1.82, 2.24) is 24.6 Å².